The van der Waals surface area contributed by atoms with E-state index in [-0.39, 0.29) is 5.91 Å². The number of carbonyl (C=O) groups excluding carboxylic acids is 1. The Bertz CT molecular complexity index is 721. The topological polar surface area (TPSA) is 32.3 Å². The van der Waals surface area contributed by atoms with Gasteiger partial charge in [0.2, 0.25) is 0 Å². The number of nitrogens with zero attached hydrogens (tertiary/aromatic N) is 1. The summed E-state index contributed by atoms with van der Waals surface area (Å²) in [6.07, 6.45) is 1.07. The van der Waals surface area contributed by atoms with E-state index in [4.69, 9.17) is 0 Å². The molecule has 1 amide bonds. The summed E-state index contributed by atoms with van der Waals surface area (Å²) in [7, 11) is 0. The molecule has 2 aromatic rings. The Morgan fingerprint density at radius 2 is 1.80 bits per heavy atom. The van der Waals surface area contributed by atoms with Gasteiger partial charge in [0.1, 0.15) is 0 Å². The number of hydrogen-bond acceptors (Lipinski definition) is 3. The molecule has 1 aliphatic heterocycles. The first-order chi connectivity index (χ1) is 12.1. The minimum Gasteiger partial charge on any atom is -0.322 e. The number of amides is 1. The second-order valence-corrected chi connectivity index (χ2v) is 7.83. The predicted molar refractivity (Wildman–Crippen MR) is 108 cm³/mol. The molecule has 0 radical (unpaired) electrons. The molecule has 3 nitrogen and oxygen atoms in total. The third-order valence-electron chi connectivity index (χ3n) is 4.88. The second-order valence-electron chi connectivity index (χ2n) is 6.60. The number of thioether (sulfide) groups is 1. The summed E-state index contributed by atoms with van der Waals surface area (Å²) in [5, 5.41) is 3.01. The lowest BCUT2D eigenvalue weighted by molar-refractivity contribution is 0.102. The smallest absolute Gasteiger partial charge is 0.255 e. The zero-order valence-corrected chi connectivity index (χ0v) is 15.9. The van der Waals surface area contributed by atoms with E-state index in [0.29, 0.717) is 0 Å². The maximum absolute atomic E-state index is 12.5. The number of hydrogen-bond donors (Lipinski definition) is 1. The molecule has 0 spiro atoms. The lowest BCUT2D eigenvalue weighted by Crippen LogP contribution is -2.34. The van der Waals surface area contributed by atoms with Gasteiger partial charge in [0.05, 0.1) is 0 Å². The first-order valence-electron chi connectivity index (χ1n) is 8.90. The van der Waals surface area contributed by atoms with Gasteiger partial charge in [0.15, 0.2) is 0 Å². The number of aryl methyl sites for hydroxylation is 1. The van der Waals surface area contributed by atoms with E-state index in [1.165, 1.54) is 30.2 Å². The van der Waals surface area contributed by atoms with Crippen LogP contribution in [0.25, 0.3) is 0 Å². The summed E-state index contributed by atoms with van der Waals surface area (Å²) < 4.78 is 0. The van der Waals surface area contributed by atoms with Crippen LogP contribution in [-0.4, -0.2) is 41.9 Å². The molecule has 25 heavy (non-hydrogen) atoms. The molecule has 1 N–H and O–H groups in total. The van der Waals surface area contributed by atoms with Gasteiger partial charge in [-0.2, -0.15) is 11.8 Å². The summed E-state index contributed by atoms with van der Waals surface area (Å²) in [6.45, 7) is 7.55. The fraction of sp³-hybridized carbons (Fsp3) is 0.381. The lowest BCUT2D eigenvalue weighted by Gasteiger charge is -2.26. The quantitative estimate of drug-likeness (QED) is 0.875. The first kappa shape index (κ1) is 18.0. The van der Waals surface area contributed by atoms with Crippen molar-refractivity contribution in [2.75, 3.05) is 36.5 Å². The van der Waals surface area contributed by atoms with Crippen LogP contribution in [0, 0.1) is 13.8 Å². The highest BCUT2D eigenvalue weighted by Gasteiger charge is 2.11. The SMILES string of the molecule is Cc1cccc(C(=O)Nc2ccc(CCN3CCSCC3)cc2)c1C. The summed E-state index contributed by atoms with van der Waals surface area (Å²) in [5.41, 5.74) is 5.09. The Labute approximate surface area is 154 Å². The largest absolute Gasteiger partial charge is 0.322 e. The van der Waals surface area contributed by atoms with Crippen molar-refractivity contribution in [3.63, 3.8) is 0 Å². The molecule has 0 atom stereocenters. The van der Waals surface area contributed by atoms with Crippen molar-refractivity contribution >= 4 is 23.4 Å². The van der Waals surface area contributed by atoms with Crippen LogP contribution in [0.5, 0.6) is 0 Å². The molecule has 1 aliphatic rings. The van der Waals surface area contributed by atoms with E-state index in [9.17, 15) is 4.79 Å². The van der Waals surface area contributed by atoms with Crippen LogP contribution in [0.15, 0.2) is 42.5 Å². The molecule has 0 aromatic heterocycles. The monoisotopic (exact) mass is 354 g/mol. The van der Waals surface area contributed by atoms with Gasteiger partial charge in [-0.3, -0.25) is 4.79 Å². The van der Waals surface area contributed by atoms with E-state index in [1.807, 2.05) is 55.9 Å². The van der Waals surface area contributed by atoms with Crippen molar-refractivity contribution in [2.45, 2.75) is 20.3 Å². The fourth-order valence-electron chi connectivity index (χ4n) is 3.06. The molecule has 132 valence electrons. The van der Waals surface area contributed by atoms with Gasteiger partial charge in [-0.25, -0.2) is 0 Å². The average molecular weight is 355 g/mol. The van der Waals surface area contributed by atoms with E-state index in [1.54, 1.807) is 0 Å². The zero-order chi connectivity index (χ0) is 17.6. The Morgan fingerprint density at radius 3 is 2.52 bits per heavy atom. The van der Waals surface area contributed by atoms with Crippen molar-refractivity contribution in [1.29, 1.82) is 0 Å². The van der Waals surface area contributed by atoms with Gasteiger partial charge in [-0.05, 0) is 55.2 Å². The highest BCUT2D eigenvalue weighted by molar-refractivity contribution is 7.99. The summed E-state index contributed by atoms with van der Waals surface area (Å²) in [4.78, 5) is 15.0. The average Bonchev–Trinajstić information content (AvgIpc) is 2.64. The van der Waals surface area contributed by atoms with E-state index >= 15 is 0 Å². The molecule has 4 heteroatoms. The summed E-state index contributed by atoms with van der Waals surface area (Å²) in [5.74, 6) is 2.46. The summed E-state index contributed by atoms with van der Waals surface area (Å²) in [6, 6.07) is 14.1. The Morgan fingerprint density at radius 1 is 1.08 bits per heavy atom. The molecule has 0 saturated carbocycles. The van der Waals surface area contributed by atoms with Gasteiger partial charge in [0, 0.05) is 42.4 Å². The molecule has 2 aromatic carbocycles. The van der Waals surface area contributed by atoms with Gasteiger partial charge in [-0.15, -0.1) is 0 Å². The number of carbonyl (C=O) groups is 1. The Kier molecular flexibility index (Phi) is 6.16. The van der Waals surface area contributed by atoms with Crippen molar-refractivity contribution in [2.24, 2.45) is 0 Å². The van der Waals surface area contributed by atoms with Crippen LogP contribution in [0.1, 0.15) is 27.0 Å². The van der Waals surface area contributed by atoms with Gasteiger partial charge in [0.25, 0.3) is 5.91 Å². The van der Waals surface area contributed by atoms with Crippen LogP contribution in [-0.2, 0) is 6.42 Å². The normalized spacial score (nSPS) is 15.1. The predicted octanol–water partition coefficient (Wildman–Crippen LogP) is 4.15. The first-order valence-corrected chi connectivity index (χ1v) is 10.1. The maximum Gasteiger partial charge on any atom is 0.255 e. The van der Waals surface area contributed by atoms with Crippen molar-refractivity contribution in [3.05, 3.63) is 64.7 Å². The highest BCUT2D eigenvalue weighted by atomic mass is 32.2. The number of benzene rings is 2. The molecule has 3 rings (SSSR count). The standard InChI is InChI=1S/C21H26N2OS/c1-16-4-3-5-20(17(16)2)21(24)22-19-8-6-18(7-9-19)10-11-23-12-14-25-15-13-23/h3-9H,10-15H2,1-2H3,(H,22,24). The zero-order valence-electron chi connectivity index (χ0n) is 15.0. The molecular weight excluding hydrogens is 328 g/mol. The molecular formula is C21H26N2OS. The highest BCUT2D eigenvalue weighted by Crippen LogP contribution is 2.17. The number of anilines is 1. The Balaban J connectivity index is 1.56. The molecule has 0 bridgehead atoms. The van der Waals surface area contributed by atoms with Crippen molar-refractivity contribution < 1.29 is 4.79 Å². The third kappa shape index (κ3) is 4.86. The fourth-order valence-corrected chi connectivity index (χ4v) is 4.04. The molecule has 1 fully saturated rings. The molecule has 0 unspecified atom stereocenters. The summed E-state index contributed by atoms with van der Waals surface area (Å²) >= 11 is 2.05. The van der Waals surface area contributed by atoms with Crippen LogP contribution in [0.4, 0.5) is 5.69 Å². The maximum atomic E-state index is 12.5. The second kappa shape index (κ2) is 8.54. The number of rotatable bonds is 5. The molecule has 1 saturated heterocycles. The van der Waals surface area contributed by atoms with Crippen LogP contribution < -0.4 is 5.32 Å². The van der Waals surface area contributed by atoms with Crippen LogP contribution >= 0.6 is 11.8 Å². The van der Waals surface area contributed by atoms with Crippen LogP contribution in [0.3, 0.4) is 0 Å². The van der Waals surface area contributed by atoms with Gasteiger partial charge < -0.3 is 10.2 Å². The Hall–Kier alpha value is -1.78. The van der Waals surface area contributed by atoms with E-state index < -0.39 is 0 Å². The minimum absolute atomic E-state index is 0.0419. The van der Waals surface area contributed by atoms with E-state index in [2.05, 4.69) is 22.3 Å². The lowest BCUT2D eigenvalue weighted by atomic mass is 10.0. The van der Waals surface area contributed by atoms with Crippen molar-refractivity contribution in [1.82, 2.24) is 4.90 Å². The van der Waals surface area contributed by atoms with Gasteiger partial charge >= 0.3 is 0 Å². The minimum atomic E-state index is -0.0419. The van der Waals surface area contributed by atoms with Crippen LogP contribution in [0.2, 0.25) is 0 Å². The third-order valence-corrected chi connectivity index (χ3v) is 5.82. The molecule has 1 heterocycles. The molecule has 0 aliphatic carbocycles. The van der Waals surface area contributed by atoms with Gasteiger partial charge in [-0.1, -0.05) is 24.3 Å². The number of nitrogens with one attached hydrogen (secondary N) is 1. The van der Waals surface area contributed by atoms with Crippen molar-refractivity contribution in [3.8, 4) is 0 Å². The van der Waals surface area contributed by atoms with E-state index in [0.717, 1.165) is 35.3 Å².